The van der Waals surface area contributed by atoms with Crippen LogP contribution in [0, 0.1) is 0 Å². The molecule has 0 atom stereocenters. The van der Waals surface area contributed by atoms with Crippen molar-refractivity contribution >= 4 is 10.0 Å². The second-order valence-electron chi connectivity index (χ2n) is 5.72. The fourth-order valence-electron chi connectivity index (χ4n) is 2.57. The Morgan fingerprint density at radius 3 is 2.52 bits per heavy atom. The number of ether oxygens (including phenoxy) is 1. The number of aliphatic hydroxyl groups is 1. The van der Waals surface area contributed by atoms with Crippen LogP contribution in [0.5, 0.6) is 0 Å². The molecule has 2 rings (SSSR count). The maximum Gasteiger partial charge on any atom is 0.241 e. The first-order valence-electron chi connectivity index (χ1n) is 7.24. The highest BCUT2D eigenvalue weighted by atomic mass is 32.2. The van der Waals surface area contributed by atoms with Gasteiger partial charge in [0.1, 0.15) is 0 Å². The molecule has 0 aromatic heterocycles. The molecule has 1 fully saturated rings. The van der Waals surface area contributed by atoms with Crippen LogP contribution in [-0.2, 0) is 27.8 Å². The Labute approximate surface area is 126 Å². The highest BCUT2D eigenvalue weighted by molar-refractivity contribution is 7.89. The molecule has 1 heterocycles. The summed E-state index contributed by atoms with van der Waals surface area (Å²) in [5.41, 5.74) is 1.16. The third kappa shape index (κ3) is 3.83. The summed E-state index contributed by atoms with van der Waals surface area (Å²) in [4.78, 5) is 0.205. The number of benzene rings is 1. The van der Waals surface area contributed by atoms with Gasteiger partial charge in [0.25, 0.3) is 0 Å². The van der Waals surface area contributed by atoms with Crippen LogP contribution in [-0.4, -0.2) is 32.3 Å². The Morgan fingerprint density at radius 1 is 1.29 bits per heavy atom. The van der Waals surface area contributed by atoms with Crippen LogP contribution in [0.2, 0.25) is 0 Å². The topological polar surface area (TPSA) is 75.6 Å². The third-order valence-corrected chi connectivity index (χ3v) is 5.65. The number of nitrogens with one attached hydrogen (secondary N) is 1. The molecule has 1 saturated heterocycles. The summed E-state index contributed by atoms with van der Waals surface area (Å²) < 4.78 is 33.2. The van der Waals surface area contributed by atoms with E-state index in [0.29, 0.717) is 31.6 Å². The van der Waals surface area contributed by atoms with Crippen molar-refractivity contribution in [3.05, 3.63) is 29.3 Å². The van der Waals surface area contributed by atoms with E-state index >= 15 is 0 Å². The summed E-state index contributed by atoms with van der Waals surface area (Å²) in [6, 6.07) is 4.93. The minimum atomic E-state index is -3.59. The molecule has 0 radical (unpaired) electrons. The second-order valence-corrected chi connectivity index (χ2v) is 7.40. The predicted octanol–water partition coefficient (Wildman–Crippen LogP) is 1.59. The summed E-state index contributed by atoms with van der Waals surface area (Å²) in [6.45, 7) is 4.85. The minimum absolute atomic E-state index is 0.155. The molecule has 2 N–H and O–H groups in total. The van der Waals surface area contributed by atoms with Crippen molar-refractivity contribution in [1.82, 2.24) is 4.72 Å². The Hall–Kier alpha value is -0.950. The lowest BCUT2D eigenvalue weighted by Gasteiger charge is -2.34. The van der Waals surface area contributed by atoms with Crippen molar-refractivity contribution in [2.75, 3.05) is 13.2 Å². The lowest BCUT2D eigenvalue weighted by Crippen LogP contribution is -2.49. The third-order valence-electron chi connectivity index (χ3n) is 4.02. The Morgan fingerprint density at radius 2 is 1.95 bits per heavy atom. The lowest BCUT2D eigenvalue weighted by molar-refractivity contribution is 0.0537. The quantitative estimate of drug-likeness (QED) is 0.865. The van der Waals surface area contributed by atoms with Gasteiger partial charge in [0.2, 0.25) is 10.0 Å². The van der Waals surface area contributed by atoms with E-state index < -0.39 is 15.6 Å². The van der Waals surface area contributed by atoms with E-state index in [9.17, 15) is 13.5 Å². The van der Waals surface area contributed by atoms with E-state index in [1.807, 2.05) is 13.8 Å². The van der Waals surface area contributed by atoms with Crippen LogP contribution >= 0.6 is 0 Å². The molecule has 0 bridgehead atoms. The maximum absolute atomic E-state index is 12.5. The van der Waals surface area contributed by atoms with Gasteiger partial charge in [-0.05, 0) is 49.4 Å². The zero-order chi connectivity index (χ0) is 15.5. The summed E-state index contributed by atoms with van der Waals surface area (Å²) in [6.07, 6.45) is 2.08. The second kappa shape index (κ2) is 6.44. The van der Waals surface area contributed by atoms with E-state index in [-0.39, 0.29) is 11.5 Å². The first-order valence-corrected chi connectivity index (χ1v) is 8.73. The van der Waals surface area contributed by atoms with Crippen molar-refractivity contribution in [3.63, 3.8) is 0 Å². The normalized spacial score (nSPS) is 18.6. The Kier molecular flexibility index (Phi) is 5.03. The van der Waals surface area contributed by atoms with Gasteiger partial charge in [-0.3, -0.25) is 0 Å². The number of rotatable bonds is 5. The molecule has 0 saturated carbocycles. The molecule has 5 nitrogen and oxygen atoms in total. The van der Waals surface area contributed by atoms with Crippen molar-refractivity contribution in [3.8, 4) is 0 Å². The lowest BCUT2D eigenvalue weighted by atomic mass is 9.94. The Bertz CT molecular complexity index is 592. The van der Waals surface area contributed by atoms with E-state index in [4.69, 9.17) is 4.74 Å². The fourth-order valence-corrected chi connectivity index (χ4v) is 4.08. The number of hydrogen-bond acceptors (Lipinski definition) is 4. The molecular weight excluding hydrogens is 290 g/mol. The standard InChI is InChI=1S/C15H23NO4S/c1-3-12-4-5-14(10-13(12)11-17)21(18,19)16-15(2)6-8-20-9-7-15/h4-5,10,16-17H,3,6-9,11H2,1-2H3. The van der Waals surface area contributed by atoms with Crippen LogP contribution in [0.3, 0.4) is 0 Å². The number of sulfonamides is 1. The SMILES string of the molecule is CCc1ccc(S(=O)(=O)NC2(C)CCOCC2)cc1CO. The minimum Gasteiger partial charge on any atom is -0.392 e. The molecule has 118 valence electrons. The van der Waals surface area contributed by atoms with Gasteiger partial charge in [0, 0.05) is 18.8 Å². The molecule has 0 unspecified atom stereocenters. The van der Waals surface area contributed by atoms with Gasteiger partial charge < -0.3 is 9.84 Å². The van der Waals surface area contributed by atoms with E-state index in [0.717, 1.165) is 12.0 Å². The van der Waals surface area contributed by atoms with Crippen molar-refractivity contribution in [2.24, 2.45) is 0 Å². The first-order chi connectivity index (χ1) is 9.90. The number of aliphatic hydroxyl groups excluding tert-OH is 1. The smallest absolute Gasteiger partial charge is 0.241 e. The molecule has 1 aromatic carbocycles. The van der Waals surface area contributed by atoms with Gasteiger partial charge in [0.05, 0.1) is 11.5 Å². The molecule has 1 aliphatic heterocycles. The highest BCUT2D eigenvalue weighted by Gasteiger charge is 2.32. The van der Waals surface area contributed by atoms with E-state index in [1.54, 1.807) is 18.2 Å². The first kappa shape index (κ1) is 16.4. The largest absolute Gasteiger partial charge is 0.392 e. The molecule has 0 spiro atoms. The van der Waals surface area contributed by atoms with Crippen molar-refractivity contribution < 1.29 is 18.3 Å². The van der Waals surface area contributed by atoms with Crippen LogP contribution in [0.25, 0.3) is 0 Å². The van der Waals surface area contributed by atoms with Gasteiger partial charge in [-0.25, -0.2) is 13.1 Å². The molecule has 0 amide bonds. The fraction of sp³-hybridized carbons (Fsp3) is 0.600. The van der Waals surface area contributed by atoms with Crippen LogP contribution in [0.15, 0.2) is 23.1 Å². The molecule has 0 aliphatic carbocycles. The summed E-state index contributed by atoms with van der Waals surface area (Å²) in [5, 5.41) is 9.38. The van der Waals surface area contributed by atoms with Gasteiger partial charge in [-0.2, -0.15) is 0 Å². The van der Waals surface area contributed by atoms with E-state index in [1.165, 1.54) is 0 Å². The van der Waals surface area contributed by atoms with Crippen molar-refractivity contribution in [2.45, 2.75) is 50.2 Å². The highest BCUT2D eigenvalue weighted by Crippen LogP contribution is 2.24. The molecular formula is C15H23NO4S. The summed E-state index contributed by atoms with van der Waals surface area (Å²) in [5.74, 6) is 0. The maximum atomic E-state index is 12.5. The predicted molar refractivity (Wildman–Crippen MR) is 80.5 cm³/mol. The molecule has 6 heteroatoms. The monoisotopic (exact) mass is 313 g/mol. The number of hydrogen-bond donors (Lipinski definition) is 2. The average molecular weight is 313 g/mol. The zero-order valence-corrected chi connectivity index (χ0v) is 13.4. The van der Waals surface area contributed by atoms with Crippen LogP contribution in [0.4, 0.5) is 0 Å². The van der Waals surface area contributed by atoms with Crippen molar-refractivity contribution in [1.29, 1.82) is 0 Å². The summed E-state index contributed by atoms with van der Waals surface area (Å²) >= 11 is 0. The molecule has 21 heavy (non-hydrogen) atoms. The van der Waals surface area contributed by atoms with Gasteiger partial charge in [-0.1, -0.05) is 13.0 Å². The molecule has 1 aliphatic rings. The van der Waals surface area contributed by atoms with Gasteiger partial charge in [0.15, 0.2) is 0 Å². The zero-order valence-electron chi connectivity index (χ0n) is 12.6. The average Bonchev–Trinajstić information content (AvgIpc) is 2.46. The Balaban J connectivity index is 2.27. The van der Waals surface area contributed by atoms with Crippen LogP contribution < -0.4 is 4.72 Å². The summed E-state index contributed by atoms with van der Waals surface area (Å²) in [7, 11) is -3.59. The van der Waals surface area contributed by atoms with Gasteiger partial charge >= 0.3 is 0 Å². The molecule has 1 aromatic rings. The van der Waals surface area contributed by atoms with Gasteiger partial charge in [-0.15, -0.1) is 0 Å². The van der Waals surface area contributed by atoms with Crippen LogP contribution in [0.1, 0.15) is 37.8 Å². The number of aryl methyl sites for hydroxylation is 1. The van der Waals surface area contributed by atoms with E-state index in [2.05, 4.69) is 4.72 Å².